The van der Waals surface area contributed by atoms with Crippen LogP contribution in [0.25, 0.3) is 0 Å². The third kappa shape index (κ3) is 6.33. The molecule has 0 spiro atoms. The SMILES string of the molecule is CCNC(=NCc1ccc(S(C)(=O)=O)c(C)c1)NCC(c1ccc(C)o1)N1CCCC1. The lowest BCUT2D eigenvalue weighted by Crippen LogP contribution is -2.42. The number of aryl methyl sites for hydroxylation is 2. The lowest BCUT2D eigenvalue weighted by Gasteiger charge is -2.26. The van der Waals surface area contributed by atoms with Crippen LogP contribution in [-0.4, -0.2) is 51.7 Å². The maximum absolute atomic E-state index is 11.8. The van der Waals surface area contributed by atoms with Gasteiger partial charge in [-0.25, -0.2) is 13.4 Å². The molecular formula is C23H34N4O3S. The summed E-state index contributed by atoms with van der Waals surface area (Å²) in [5.74, 6) is 2.64. The molecule has 0 radical (unpaired) electrons. The normalized spacial score (nSPS) is 16.5. The average molecular weight is 447 g/mol. The molecule has 2 heterocycles. The minimum Gasteiger partial charge on any atom is -0.465 e. The van der Waals surface area contributed by atoms with Crippen LogP contribution in [-0.2, 0) is 16.4 Å². The van der Waals surface area contributed by atoms with Crippen molar-refractivity contribution < 1.29 is 12.8 Å². The number of hydrogen-bond acceptors (Lipinski definition) is 5. The molecule has 1 fully saturated rings. The number of nitrogens with zero attached hydrogens (tertiary/aromatic N) is 2. The van der Waals surface area contributed by atoms with Crippen molar-refractivity contribution in [2.24, 2.45) is 4.99 Å². The minimum absolute atomic E-state index is 0.163. The first-order valence-corrected chi connectivity index (χ1v) is 12.8. The Balaban J connectivity index is 1.70. The van der Waals surface area contributed by atoms with Gasteiger partial charge in [0, 0.05) is 19.3 Å². The monoisotopic (exact) mass is 446 g/mol. The fraction of sp³-hybridized carbons (Fsp3) is 0.522. The highest BCUT2D eigenvalue weighted by Crippen LogP contribution is 2.26. The molecule has 3 rings (SSSR count). The van der Waals surface area contributed by atoms with Gasteiger partial charge in [-0.1, -0.05) is 12.1 Å². The maximum Gasteiger partial charge on any atom is 0.191 e. The molecule has 0 bridgehead atoms. The third-order valence-electron chi connectivity index (χ3n) is 5.54. The van der Waals surface area contributed by atoms with Crippen molar-refractivity contribution in [3.63, 3.8) is 0 Å². The number of hydrogen-bond donors (Lipinski definition) is 2. The molecule has 0 saturated carbocycles. The summed E-state index contributed by atoms with van der Waals surface area (Å²) in [6.45, 7) is 9.90. The summed E-state index contributed by atoms with van der Waals surface area (Å²) in [5.41, 5.74) is 1.72. The summed E-state index contributed by atoms with van der Waals surface area (Å²) in [5, 5.41) is 6.77. The van der Waals surface area contributed by atoms with E-state index in [4.69, 9.17) is 9.41 Å². The van der Waals surface area contributed by atoms with Crippen molar-refractivity contribution in [1.82, 2.24) is 15.5 Å². The van der Waals surface area contributed by atoms with Gasteiger partial charge in [-0.3, -0.25) is 4.90 Å². The van der Waals surface area contributed by atoms with Gasteiger partial charge in [0.15, 0.2) is 15.8 Å². The summed E-state index contributed by atoms with van der Waals surface area (Å²) in [6, 6.07) is 9.63. The second-order valence-electron chi connectivity index (χ2n) is 8.16. The van der Waals surface area contributed by atoms with Gasteiger partial charge in [0.1, 0.15) is 11.5 Å². The van der Waals surface area contributed by atoms with E-state index in [2.05, 4.69) is 21.6 Å². The molecule has 1 aromatic carbocycles. The van der Waals surface area contributed by atoms with Crippen LogP contribution in [0.5, 0.6) is 0 Å². The second-order valence-corrected chi connectivity index (χ2v) is 10.1. The van der Waals surface area contributed by atoms with E-state index in [0.29, 0.717) is 18.0 Å². The Morgan fingerprint density at radius 2 is 1.90 bits per heavy atom. The third-order valence-corrected chi connectivity index (χ3v) is 6.79. The highest BCUT2D eigenvalue weighted by molar-refractivity contribution is 7.90. The van der Waals surface area contributed by atoms with Crippen molar-refractivity contribution in [3.05, 3.63) is 53.0 Å². The van der Waals surface area contributed by atoms with Crippen molar-refractivity contribution in [2.75, 3.05) is 32.4 Å². The second kappa shape index (κ2) is 10.3. The van der Waals surface area contributed by atoms with E-state index in [1.54, 1.807) is 6.07 Å². The number of sulfone groups is 1. The fourth-order valence-electron chi connectivity index (χ4n) is 4.03. The van der Waals surface area contributed by atoms with Crippen LogP contribution in [0.1, 0.15) is 48.5 Å². The molecule has 170 valence electrons. The highest BCUT2D eigenvalue weighted by Gasteiger charge is 2.26. The van der Waals surface area contributed by atoms with E-state index >= 15 is 0 Å². The Kier molecular flexibility index (Phi) is 7.78. The van der Waals surface area contributed by atoms with Crippen molar-refractivity contribution in [2.45, 2.75) is 51.1 Å². The fourth-order valence-corrected chi connectivity index (χ4v) is 4.99. The van der Waals surface area contributed by atoms with Gasteiger partial charge in [-0.15, -0.1) is 0 Å². The Morgan fingerprint density at radius 1 is 1.16 bits per heavy atom. The topological polar surface area (TPSA) is 86.9 Å². The maximum atomic E-state index is 11.8. The number of aliphatic imine (C=N–C) groups is 1. The summed E-state index contributed by atoms with van der Waals surface area (Å²) in [7, 11) is -3.22. The molecule has 31 heavy (non-hydrogen) atoms. The highest BCUT2D eigenvalue weighted by atomic mass is 32.2. The number of furan rings is 1. The summed E-state index contributed by atoms with van der Waals surface area (Å²) >= 11 is 0. The van der Waals surface area contributed by atoms with E-state index < -0.39 is 9.84 Å². The van der Waals surface area contributed by atoms with Gasteiger partial charge in [0.25, 0.3) is 0 Å². The van der Waals surface area contributed by atoms with Gasteiger partial charge < -0.3 is 15.1 Å². The van der Waals surface area contributed by atoms with Crippen LogP contribution in [0.3, 0.4) is 0 Å². The predicted octanol–water partition coefficient (Wildman–Crippen LogP) is 3.19. The lowest BCUT2D eigenvalue weighted by molar-refractivity contribution is 0.213. The van der Waals surface area contributed by atoms with E-state index in [1.165, 1.54) is 19.1 Å². The van der Waals surface area contributed by atoms with Crippen LogP contribution >= 0.6 is 0 Å². The Hall–Kier alpha value is -2.32. The molecule has 2 N–H and O–H groups in total. The van der Waals surface area contributed by atoms with Crippen molar-refractivity contribution in [1.29, 1.82) is 0 Å². The van der Waals surface area contributed by atoms with Gasteiger partial charge in [0.05, 0.1) is 17.5 Å². The Labute approximate surface area is 185 Å². The summed E-state index contributed by atoms with van der Waals surface area (Å²) in [4.78, 5) is 7.54. The zero-order chi connectivity index (χ0) is 22.4. The number of likely N-dealkylation sites (tertiary alicyclic amines) is 1. The van der Waals surface area contributed by atoms with Crippen LogP contribution in [0, 0.1) is 13.8 Å². The average Bonchev–Trinajstić information content (AvgIpc) is 3.37. The van der Waals surface area contributed by atoms with E-state index in [9.17, 15) is 8.42 Å². The molecule has 1 saturated heterocycles. The molecule has 1 atom stereocenters. The van der Waals surface area contributed by atoms with Crippen LogP contribution in [0.2, 0.25) is 0 Å². The molecule has 1 aliphatic heterocycles. The van der Waals surface area contributed by atoms with Gasteiger partial charge in [-0.2, -0.15) is 0 Å². The minimum atomic E-state index is -3.22. The summed E-state index contributed by atoms with van der Waals surface area (Å²) in [6.07, 6.45) is 3.66. The number of rotatable bonds is 8. The molecule has 0 aliphatic carbocycles. The molecule has 1 aliphatic rings. The van der Waals surface area contributed by atoms with E-state index in [1.807, 2.05) is 39.0 Å². The smallest absolute Gasteiger partial charge is 0.191 e. The number of guanidine groups is 1. The molecule has 1 unspecified atom stereocenters. The number of nitrogens with one attached hydrogen (secondary N) is 2. The molecular weight excluding hydrogens is 412 g/mol. The molecule has 2 aromatic rings. The van der Waals surface area contributed by atoms with Crippen LogP contribution in [0.15, 0.2) is 44.6 Å². The first kappa shape index (κ1) is 23.3. The number of benzene rings is 1. The quantitative estimate of drug-likeness (QED) is 0.478. The van der Waals surface area contributed by atoms with Crippen LogP contribution < -0.4 is 10.6 Å². The van der Waals surface area contributed by atoms with Crippen molar-refractivity contribution in [3.8, 4) is 0 Å². The van der Waals surface area contributed by atoms with Crippen molar-refractivity contribution >= 4 is 15.8 Å². The largest absolute Gasteiger partial charge is 0.465 e. The zero-order valence-corrected chi connectivity index (χ0v) is 19.8. The van der Waals surface area contributed by atoms with Gasteiger partial charge in [0.2, 0.25) is 0 Å². The summed E-state index contributed by atoms with van der Waals surface area (Å²) < 4.78 is 29.6. The molecule has 1 aromatic heterocycles. The van der Waals surface area contributed by atoms with Gasteiger partial charge in [-0.05, 0) is 76.0 Å². The standard InChI is InChI=1S/C23H34N4O3S/c1-5-24-23(25-15-19-9-11-22(17(2)14-19)31(4,28)29)26-16-20(27-12-6-7-13-27)21-10-8-18(3)30-21/h8-11,14,20H,5-7,12-13,15-16H2,1-4H3,(H2,24,25,26). The lowest BCUT2D eigenvalue weighted by atomic mass is 10.1. The Bertz CT molecular complexity index is 1010. The van der Waals surface area contributed by atoms with E-state index in [0.717, 1.165) is 48.2 Å². The molecule has 0 amide bonds. The van der Waals surface area contributed by atoms with Gasteiger partial charge >= 0.3 is 0 Å². The molecule has 7 nitrogen and oxygen atoms in total. The van der Waals surface area contributed by atoms with Crippen LogP contribution in [0.4, 0.5) is 0 Å². The molecule has 8 heteroatoms. The zero-order valence-electron chi connectivity index (χ0n) is 18.9. The predicted molar refractivity (Wildman–Crippen MR) is 124 cm³/mol. The first-order valence-electron chi connectivity index (χ1n) is 10.9. The Morgan fingerprint density at radius 3 is 2.48 bits per heavy atom. The van der Waals surface area contributed by atoms with E-state index in [-0.39, 0.29) is 6.04 Å². The first-order chi connectivity index (χ1) is 14.8.